The van der Waals surface area contributed by atoms with Crippen LogP contribution in [0.5, 0.6) is 0 Å². The van der Waals surface area contributed by atoms with Crippen LogP contribution in [-0.4, -0.2) is 24.9 Å². The molecule has 4 nitrogen and oxygen atoms in total. The number of ketones is 1. The van der Waals surface area contributed by atoms with Crippen molar-refractivity contribution in [2.24, 2.45) is 11.1 Å². The van der Waals surface area contributed by atoms with Crippen molar-refractivity contribution < 1.29 is 14.3 Å². The second-order valence-corrected chi connectivity index (χ2v) is 3.64. The van der Waals surface area contributed by atoms with E-state index in [9.17, 15) is 9.59 Å². The Bertz CT molecular complexity index is 219. The first-order valence-electron chi connectivity index (χ1n) is 4.44. The van der Waals surface area contributed by atoms with E-state index in [1.54, 1.807) is 0 Å². The molecular weight excluding hydrogens is 170 g/mol. The summed E-state index contributed by atoms with van der Waals surface area (Å²) in [5.41, 5.74) is 4.67. The van der Waals surface area contributed by atoms with Gasteiger partial charge in [-0.1, -0.05) is 0 Å². The maximum atomic E-state index is 11.2. The Labute approximate surface area is 77.4 Å². The maximum Gasteiger partial charge on any atom is 0.224 e. The van der Waals surface area contributed by atoms with Gasteiger partial charge >= 0.3 is 0 Å². The molecule has 0 bridgehead atoms. The number of nitrogens with two attached hydrogens (primary N) is 1. The quantitative estimate of drug-likeness (QED) is 0.685. The van der Waals surface area contributed by atoms with Crippen LogP contribution in [0.4, 0.5) is 0 Å². The molecule has 0 saturated carbocycles. The summed E-state index contributed by atoms with van der Waals surface area (Å²) in [6, 6.07) is 0. The molecule has 1 fully saturated rings. The fourth-order valence-corrected chi connectivity index (χ4v) is 1.75. The van der Waals surface area contributed by atoms with Crippen molar-refractivity contribution in [3.05, 3.63) is 0 Å². The van der Waals surface area contributed by atoms with Gasteiger partial charge < -0.3 is 10.5 Å². The average Bonchev–Trinajstić information content (AvgIpc) is 2.04. The van der Waals surface area contributed by atoms with Gasteiger partial charge in [0.1, 0.15) is 5.78 Å². The van der Waals surface area contributed by atoms with Crippen LogP contribution in [-0.2, 0) is 14.3 Å². The standard InChI is InChI=1S/C9H15NO3/c1-7(11)6-9(8(10)12)2-4-13-5-3-9/h2-6H2,1H3,(H2,10,12). The first kappa shape index (κ1) is 10.2. The van der Waals surface area contributed by atoms with Crippen molar-refractivity contribution in [2.75, 3.05) is 13.2 Å². The lowest BCUT2D eigenvalue weighted by molar-refractivity contribution is -0.138. The zero-order valence-electron chi connectivity index (χ0n) is 7.84. The summed E-state index contributed by atoms with van der Waals surface area (Å²) in [5.74, 6) is -0.355. The second kappa shape index (κ2) is 3.87. The normalized spacial score (nSPS) is 21.0. The summed E-state index contributed by atoms with van der Waals surface area (Å²) < 4.78 is 5.14. The van der Waals surface area contributed by atoms with Crippen LogP contribution in [0, 0.1) is 5.41 Å². The summed E-state index contributed by atoms with van der Waals surface area (Å²) in [6.45, 7) is 2.53. The average molecular weight is 185 g/mol. The van der Waals surface area contributed by atoms with E-state index in [1.807, 2.05) is 0 Å². The highest BCUT2D eigenvalue weighted by Crippen LogP contribution is 2.33. The monoisotopic (exact) mass is 185 g/mol. The van der Waals surface area contributed by atoms with E-state index in [0.717, 1.165) is 0 Å². The Hall–Kier alpha value is -0.900. The van der Waals surface area contributed by atoms with Crippen LogP contribution in [0.25, 0.3) is 0 Å². The number of amides is 1. The molecule has 1 rings (SSSR count). The Morgan fingerprint density at radius 2 is 1.92 bits per heavy atom. The number of Topliss-reactive ketones (excluding diaryl/α,β-unsaturated/α-hetero) is 1. The third kappa shape index (κ3) is 2.28. The Morgan fingerprint density at radius 1 is 1.38 bits per heavy atom. The minimum atomic E-state index is -0.635. The van der Waals surface area contributed by atoms with Gasteiger partial charge in [0.25, 0.3) is 0 Å². The first-order chi connectivity index (χ1) is 6.07. The molecule has 0 atom stereocenters. The minimum absolute atomic E-state index is 0.0145. The predicted molar refractivity (Wildman–Crippen MR) is 47.0 cm³/mol. The molecule has 0 radical (unpaired) electrons. The molecule has 1 aliphatic heterocycles. The van der Waals surface area contributed by atoms with Crippen molar-refractivity contribution in [3.63, 3.8) is 0 Å². The van der Waals surface area contributed by atoms with E-state index in [-0.39, 0.29) is 18.1 Å². The highest BCUT2D eigenvalue weighted by molar-refractivity contribution is 5.87. The van der Waals surface area contributed by atoms with E-state index in [2.05, 4.69) is 0 Å². The second-order valence-electron chi connectivity index (χ2n) is 3.64. The van der Waals surface area contributed by atoms with Gasteiger partial charge in [-0.25, -0.2) is 0 Å². The largest absolute Gasteiger partial charge is 0.381 e. The molecule has 1 amide bonds. The van der Waals surface area contributed by atoms with Gasteiger partial charge in [-0.2, -0.15) is 0 Å². The molecule has 13 heavy (non-hydrogen) atoms. The number of hydrogen-bond acceptors (Lipinski definition) is 3. The predicted octanol–water partition coefficient (Wildman–Crippen LogP) is 0.248. The third-order valence-electron chi connectivity index (χ3n) is 2.56. The van der Waals surface area contributed by atoms with Gasteiger partial charge in [0.15, 0.2) is 0 Å². The lowest BCUT2D eigenvalue weighted by Crippen LogP contribution is -2.43. The Balaban J connectivity index is 2.73. The summed E-state index contributed by atoms with van der Waals surface area (Å²) in [7, 11) is 0. The SMILES string of the molecule is CC(=O)CC1(C(N)=O)CCOCC1. The zero-order chi connectivity index (χ0) is 9.90. The summed E-state index contributed by atoms with van der Waals surface area (Å²) >= 11 is 0. The van der Waals surface area contributed by atoms with Crippen molar-refractivity contribution in [3.8, 4) is 0 Å². The van der Waals surface area contributed by atoms with E-state index >= 15 is 0 Å². The smallest absolute Gasteiger partial charge is 0.224 e. The number of primary amides is 1. The first-order valence-corrected chi connectivity index (χ1v) is 4.44. The van der Waals surface area contributed by atoms with Gasteiger partial charge in [0, 0.05) is 19.6 Å². The summed E-state index contributed by atoms with van der Waals surface area (Å²) in [4.78, 5) is 22.2. The molecule has 1 heterocycles. The van der Waals surface area contributed by atoms with Crippen molar-refractivity contribution in [1.29, 1.82) is 0 Å². The minimum Gasteiger partial charge on any atom is -0.381 e. The van der Waals surface area contributed by atoms with Gasteiger partial charge in [-0.3, -0.25) is 9.59 Å². The van der Waals surface area contributed by atoms with Crippen LogP contribution in [0.2, 0.25) is 0 Å². The molecule has 74 valence electrons. The van der Waals surface area contributed by atoms with Crippen LogP contribution >= 0.6 is 0 Å². The fourth-order valence-electron chi connectivity index (χ4n) is 1.75. The molecule has 0 aliphatic carbocycles. The van der Waals surface area contributed by atoms with Crippen LogP contribution in [0.3, 0.4) is 0 Å². The van der Waals surface area contributed by atoms with E-state index in [1.165, 1.54) is 6.92 Å². The lowest BCUT2D eigenvalue weighted by atomic mass is 9.75. The van der Waals surface area contributed by atoms with Crippen molar-refractivity contribution in [2.45, 2.75) is 26.2 Å². The van der Waals surface area contributed by atoms with Gasteiger partial charge in [-0.05, 0) is 19.8 Å². The fraction of sp³-hybridized carbons (Fsp3) is 0.778. The number of ether oxygens (including phenoxy) is 1. The number of carbonyl (C=O) groups excluding carboxylic acids is 2. The molecule has 2 N–H and O–H groups in total. The van der Waals surface area contributed by atoms with E-state index in [0.29, 0.717) is 26.1 Å². The lowest BCUT2D eigenvalue weighted by Gasteiger charge is -2.33. The number of carbonyl (C=O) groups is 2. The topological polar surface area (TPSA) is 69.4 Å². The maximum absolute atomic E-state index is 11.2. The molecule has 0 aromatic rings. The Kier molecular flexibility index (Phi) is 3.03. The highest BCUT2D eigenvalue weighted by Gasteiger charge is 2.39. The van der Waals surface area contributed by atoms with Crippen molar-refractivity contribution >= 4 is 11.7 Å². The Morgan fingerprint density at radius 3 is 2.31 bits per heavy atom. The molecule has 1 aliphatic rings. The van der Waals surface area contributed by atoms with Gasteiger partial charge in [0.2, 0.25) is 5.91 Å². The highest BCUT2D eigenvalue weighted by atomic mass is 16.5. The molecule has 4 heteroatoms. The van der Waals surface area contributed by atoms with Crippen LogP contribution in [0.1, 0.15) is 26.2 Å². The van der Waals surface area contributed by atoms with Gasteiger partial charge in [-0.15, -0.1) is 0 Å². The number of hydrogen-bond donors (Lipinski definition) is 1. The molecule has 0 unspecified atom stereocenters. The van der Waals surface area contributed by atoms with E-state index in [4.69, 9.17) is 10.5 Å². The molecule has 0 aromatic heterocycles. The van der Waals surface area contributed by atoms with Gasteiger partial charge in [0.05, 0.1) is 5.41 Å². The van der Waals surface area contributed by atoms with Crippen LogP contribution in [0.15, 0.2) is 0 Å². The molecule has 1 saturated heterocycles. The van der Waals surface area contributed by atoms with E-state index < -0.39 is 5.41 Å². The third-order valence-corrected chi connectivity index (χ3v) is 2.56. The molecule has 0 spiro atoms. The molecular formula is C9H15NO3. The molecule has 0 aromatic carbocycles. The summed E-state index contributed by atoms with van der Waals surface area (Å²) in [6.07, 6.45) is 1.40. The van der Waals surface area contributed by atoms with Crippen molar-refractivity contribution in [1.82, 2.24) is 0 Å². The van der Waals surface area contributed by atoms with Crippen LogP contribution < -0.4 is 5.73 Å². The summed E-state index contributed by atoms with van der Waals surface area (Å²) in [5, 5.41) is 0. The number of rotatable bonds is 3. The zero-order valence-corrected chi connectivity index (χ0v) is 7.84.